The first-order chi connectivity index (χ1) is 11.9. The Morgan fingerprint density at radius 1 is 1.16 bits per heavy atom. The number of benzene rings is 1. The van der Waals surface area contributed by atoms with E-state index in [4.69, 9.17) is 26.4 Å². The molecule has 4 N–H and O–H groups in total. The molecule has 1 fully saturated rings. The van der Waals surface area contributed by atoms with E-state index in [1.165, 1.54) is 0 Å². The highest BCUT2D eigenvalue weighted by Crippen LogP contribution is 2.24. The molecule has 0 amide bonds. The fourth-order valence-electron chi connectivity index (χ4n) is 2.35. The van der Waals surface area contributed by atoms with Gasteiger partial charge in [0, 0.05) is 6.54 Å². The molecular weight excluding hydrogens is 346 g/mol. The van der Waals surface area contributed by atoms with Crippen molar-refractivity contribution in [1.82, 2.24) is 5.32 Å². The summed E-state index contributed by atoms with van der Waals surface area (Å²) < 4.78 is 16.3. The summed E-state index contributed by atoms with van der Waals surface area (Å²) in [5.41, 5.74) is 0.976. The summed E-state index contributed by atoms with van der Waals surface area (Å²) in [6.45, 7) is 4.72. The molecule has 0 aromatic heterocycles. The van der Waals surface area contributed by atoms with Crippen LogP contribution in [0.3, 0.4) is 0 Å². The smallest absolute Gasteiger partial charge is 0.256 e. The van der Waals surface area contributed by atoms with Gasteiger partial charge in [-0.1, -0.05) is 19.1 Å². The zero-order valence-electron chi connectivity index (χ0n) is 14.3. The second kappa shape index (κ2) is 9.30. The number of thiocarbonyl (C=S) groups is 1. The largest absolute Gasteiger partial charge is 0.471 e. The van der Waals surface area contributed by atoms with E-state index >= 15 is 0 Å². The van der Waals surface area contributed by atoms with Gasteiger partial charge in [-0.2, -0.15) is 0 Å². The van der Waals surface area contributed by atoms with Crippen LogP contribution in [0.4, 0.5) is 0 Å². The number of rotatable bonds is 6. The van der Waals surface area contributed by atoms with Crippen LogP contribution in [0.15, 0.2) is 24.3 Å². The molecule has 1 aliphatic rings. The highest BCUT2D eigenvalue weighted by molar-refractivity contribution is 7.80. The molecule has 1 aromatic rings. The summed E-state index contributed by atoms with van der Waals surface area (Å²) >= 11 is 5.05. The summed E-state index contributed by atoms with van der Waals surface area (Å²) in [5.74, 6) is 0.480. The second-order valence-electron chi connectivity index (χ2n) is 5.93. The molecule has 8 heteroatoms. The number of hydrogen-bond acceptors (Lipinski definition) is 7. The van der Waals surface area contributed by atoms with Gasteiger partial charge in [0.25, 0.3) is 5.17 Å². The first kappa shape index (κ1) is 19.9. The van der Waals surface area contributed by atoms with Crippen molar-refractivity contribution in [2.45, 2.75) is 57.5 Å². The zero-order valence-corrected chi connectivity index (χ0v) is 15.1. The van der Waals surface area contributed by atoms with E-state index in [2.05, 4.69) is 5.32 Å². The normalized spacial score (nSPS) is 29.1. The topological polar surface area (TPSA) is 100 Å². The van der Waals surface area contributed by atoms with Crippen molar-refractivity contribution in [1.29, 1.82) is 0 Å². The monoisotopic (exact) mass is 371 g/mol. The lowest BCUT2D eigenvalue weighted by molar-refractivity contribution is -0.268. The Kier molecular flexibility index (Phi) is 7.39. The number of aliphatic hydroxyl groups excluding tert-OH is 3. The molecule has 0 aliphatic carbocycles. The van der Waals surface area contributed by atoms with Crippen molar-refractivity contribution >= 4 is 17.4 Å². The molecular formula is C17H25NO6S. The molecule has 7 nitrogen and oxygen atoms in total. The fraction of sp³-hybridized carbons (Fsp3) is 0.588. The molecule has 0 radical (unpaired) electrons. The number of nitrogens with one attached hydrogen (secondary N) is 1. The second-order valence-corrected chi connectivity index (χ2v) is 6.30. The van der Waals surface area contributed by atoms with Crippen LogP contribution in [-0.2, 0) is 16.0 Å². The molecule has 2 rings (SSSR count). The average molecular weight is 371 g/mol. The summed E-state index contributed by atoms with van der Waals surface area (Å²) in [6, 6.07) is 7.14. The molecule has 1 heterocycles. The van der Waals surface area contributed by atoms with Crippen LogP contribution in [0.2, 0.25) is 0 Å². The van der Waals surface area contributed by atoms with E-state index in [9.17, 15) is 15.3 Å². The van der Waals surface area contributed by atoms with Gasteiger partial charge in [0.05, 0.1) is 12.7 Å². The van der Waals surface area contributed by atoms with Crippen LogP contribution in [0.25, 0.3) is 0 Å². The maximum atomic E-state index is 9.96. The molecule has 140 valence electrons. The molecule has 25 heavy (non-hydrogen) atoms. The third kappa shape index (κ3) is 5.52. The minimum absolute atomic E-state index is 0.363. The highest BCUT2D eigenvalue weighted by Gasteiger charge is 2.43. The SMILES string of the molecule is CCCOC(=S)NCc1ccc(O[C@@H]2O[C@@H](C)[C@H](O)[C@@H](O)[C@H]2O)cc1. The standard InChI is InChI=1S/C17H25NO6S/c1-3-8-22-17(25)18-9-11-4-6-12(7-5-11)24-16-15(21)14(20)13(19)10(2)23-16/h4-7,10,13-16,19-21H,3,8-9H2,1-2H3,(H,18,25)/t10-,13-,14+,15+,16-/m0/s1. The van der Waals surface area contributed by atoms with E-state index in [1.807, 2.05) is 19.1 Å². The molecule has 0 saturated carbocycles. The Hall–Kier alpha value is -1.45. The van der Waals surface area contributed by atoms with E-state index in [0.29, 0.717) is 24.1 Å². The number of ether oxygens (including phenoxy) is 3. The van der Waals surface area contributed by atoms with E-state index in [1.54, 1.807) is 19.1 Å². The van der Waals surface area contributed by atoms with Crippen LogP contribution in [0, 0.1) is 0 Å². The third-order valence-corrected chi connectivity index (χ3v) is 4.12. The van der Waals surface area contributed by atoms with Crippen molar-refractivity contribution in [2.75, 3.05) is 6.61 Å². The third-order valence-electron chi connectivity index (χ3n) is 3.86. The molecule has 1 aromatic carbocycles. The molecule has 5 atom stereocenters. The zero-order chi connectivity index (χ0) is 18.4. The van der Waals surface area contributed by atoms with Crippen LogP contribution >= 0.6 is 12.2 Å². The Labute approximate surface area is 152 Å². The first-order valence-electron chi connectivity index (χ1n) is 8.28. The van der Waals surface area contributed by atoms with Crippen molar-refractivity contribution in [3.8, 4) is 5.75 Å². The Bertz CT molecular complexity index is 555. The Balaban J connectivity index is 1.86. The van der Waals surface area contributed by atoms with E-state index in [0.717, 1.165) is 12.0 Å². The van der Waals surface area contributed by atoms with E-state index < -0.39 is 30.7 Å². The maximum Gasteiger partial charge on any atom is 0.256 e. The maximum absolute atomic E-state index is 9.96. The van der Waals surface area contributed by atoms with Crippen LogP contribution in [0.5, 0.6) is 5.75 Å². The predicted octanol–water partition coefficient (Wildman–Crippen LogP) is 0.694. The van der Waals surface area contributed by atoms with Gasteiger partial charge in [0.15, 0.2) is 0 Å². The highest BCUT2D eigenvalue weighted by atomic mass is 32.1. The lowest BCUT2D eigenvalue weighted by atomic mass is 10.00. The van der Waals surface area contributed by atoms with Gasteiger partial charge in [-0.05, 0) is 43.3 Å². The van der Waals surface area contributed by atoms with Crippen molar-refractivity contribution < 1.29 is 29.5 Å². The Morgan fingerprint density at radius 2 is 1.84 bits per heavy atom. The summed E-state index contributed by atoms with van der Waals surface area (Å²) in [7, 11) is 0. The molecule has 0 unspecified atom stereocenters. The summed E-state index contributed by atoms with van der Waals surface area (Å²) in [5, 5.41) is 32.8. The van der Waals surface area contributed by atoms with Crippen molar-refractivity contribution in [2.24, 2.45) is 0 Å². The average Bonchev–Trinajstić information content (AvgIpc) is 2.62. The first-order valence-corrected chi connectivity index (χ1v) is 8.69. The molecule has 0 bridgehead atoms. The molecule has 1 aliphatic heterocycles. The minimum Gasteiger partial charge on any atom is -0.471 e. The van der Waals surface area contributed by atoms with Gasteiger partial charge < -0.3 is 34.8 Å². The number of hydrogen-bond donors (Lipinski definition) is 4. The lowest BCUT2D eigenvalue weighted by Gasteiger charge is -2.38. The lowest BCUT2D eigenvalue weighted by Crippen LogP contribution is -2.58. The quantitative estimate of drug-likeness (QED) is 0.542. The van der Waals surface area contributed by atoms with Gasteiger partial charge in [-0.25, -0.2) is 0 Å². The van der Waals surface area contributed by atoms with Crippen molar-refractivity contribution in [3.05, 3.63) is 29.8 Å². The van der Waals surface area contributed by atoms with Gasteiger partial charge in [0.2, 0.25) is 6.29 Å². The van der Waals surface area contributed by atoms with E-state index in [-0.39, 0.29) is 0 Å². The van der Waals surface area contributed by atoms with Gasteiger partial charge in [0.1, 0.15) is 24.1 Å². The van der Waals surface area contributed by atoms with Gasteiger partial charge in [-0.15, -0.1) is 0 Å². The number of aliphatic hydroxyl groups is 3. The van der Waals surface area contributed by atoms with Crippen LogP contribution < -0.4 is 10.1 Å². The summed E-state index contributed by atoms with van der Waals surface area (Å²) in [4.78, 5) is 0. The minimum atomic E-state index is -1.33. The van der Waals surface area contributed by atoms with Crippen LogP contribution in [-0.4, -0.2) is 57.8 Å². The van der Waals surface area contributed by atoms with Gasteiger partial charge in [-0.3, -0.25) is 0 Å². The molecule has 1 saturated heterocycles. The predicted molar refractivity (Wildman–Crippen MR) is 95.1 cm³/mol. The molecule has 0 spiro atoms. The summed E-state index contributed by atoms with van der Waals surface area (Å²) in [6.07, 6.45) is -4.60. The van der Waals surface area contributed by atoms with Gasteiger partial charge >= 0.3 is 0 Å². The van der Waals surface area contributed by atoms with Crippen LogP contribution in [0.1, 0.15) is 25.8 Å². The Morgan fingerprint density at radius 3 is 2.48 bits per heavy atom. The fourth-order valence-corrected chi connectivity index (χ4v) is 2.51. The van der Waals surface area contributed by atoms with Crippen molar-refractivity contribution in [3.63, 3.8) is 0 Å².